The van der Waals surface area contributed by atoms with Gasteiger partial charge in [0, 0.05) is 0 Å². The van der Waals surface area contributed by atoms with Crippen molar-refractivity contribution in [2.75, 3.05) is 6.26 Å². The zero-order chi connectivity index (χ0) is 13.0. The predicted octanol–water partition coefficient (Wildman–Crippen LogP) is 3.97. The van der Waals surface area contributed by atoms with Crippen molar-refractivity contribution in [2.24, 2.45) is 4.99 Å². The molecule has 0 aromatic heterocycles. The van der Waals surface area contributed by atoms with Gasteiger partial charge in [0.2, 0.25) is 5.12 Å². The number of carbonyl (C=O) groups excluding carboxylic acids is 1. The number of allylic oxidation sites excluding steroid dienone is 2. The van der Waals surface area contributed by atoms with Crippen molar-refractivity contribution in [1.29, 1.82) is 0 Å². The first-order valence-electron chi connectivity index (χ1n) is 5.49. The van der Waals surface area contributed by atoms with E-state index in [4.69, 9.17) is 0 Å². The topological polar surface area (TPSA) is 29.4 Å². The minimum Gasteiger partial charge on any atom is -0.279 e. The molecule has 0 amide bonds. The molecule has 2 rings (SSSR count). The Hall–Kier alpha value is -1.26. The largest absolute Gasteiger partial charge is 0.279 e. The van der Waals surface area contributed by atoms with Crippen LogP contribution in [0, 0.1) is 0 Å². The minimum atomic E-state index is 0.0279. The molecule has 2 nitrogen and oxygen atoms in total. The summed E-state index contributed by atoms with van der Waals surface area (Å²) in [5.41, 5.74) is 2.68. The Balaban J connectivity index is 2.21. The number of rotatable bonds is 2. The van der Waals surface area contributed by atoms with Gasteiger partial charge in [0.25, 0.3) is 0 Å². The molecule has 18 heavy (non-hydrogen) atoms. The second kappa shape index (κ2) is 6.07. The molecule has 0 saturated heterocycles. The number of carbonyl (C=O) groups is 1. The van der Waals surface area contributed by atoms with Gasteiger partial charge < -0.3 is 0 Å². The summed E-state index contributed by atoms with van der Waals surface area (Å²) < 4.78 is 0.818. The Morgan fingerprint density at radius 2 is 2.06 bits per heavy atom. The summed E-state index contributed by atoms with van der Waals surface area (Å²) in [5.74, 6) is 0. The summed E-state index contributed by atoms with van der Waals surface area (Å²) in [6, 6.07) is 10.0. The molecule has 0 spiro atoms. The molecule has 1 aliphatic heterocycles. The first-order chi connectivity index (χ1) is 8.69. The third-order valence-electron chi connectivity index (χ3n) is 2.33. The average Bonchev–Trinajstić information content (AvgIpc) is 2.71. The molecule has 1 aromatic carbocycles. The van der Waals surface area contributed by atoms with Crippen molar-refractivity contribution < 1.29 is 4.79 Å². The normalized spacial score (nSPS) is 18.3. The second-order valence-corrected chi connectivity index (χ2v) is 5.81. The van der Waals surface area contributed by atoms with Crippen LogP contribution in [0.2, 0.25) is 0 Å². The molecular weight excluding hydrogens is 262 g/mol. The third-order valence-corrected chi connectivity index (χ3v) is 4.18. The van der Waals surface area contributed by atoms with Gasteiger partial charge >= 0.3 is 0 Å². The van der Waals surface area contributed by atoms with E-state index in [2.05, 4.69) is 4.99 Å². The molecular formula is C14H13NOS2. The predicted molar refractivity (Wildman–Crippen MR) is 81.7 cm³/mol. The van der Waals surface area contributed by atoms with Crippen molar-refractivity contribution in [1.82, 2.24) is 0 Å². The van der Waals surface area contributed by atoms with Crippen LogP contribution in [0.3, 0.4) is 0 Å². The fourth-order valence-electron chi connectivity index (χ4n) is 1.55. The van der Waals surface area contributed by atoms with E-state index in [0.717, 1.165) is 15.5 Å². The van der Waals surface area contributed by atoms with Crippen LogP contribution >= 0.6 is 23.5 Å². The van der Waals surface area contributed by atoms with Crippen molar-refractivity contribution in [3.05, 3.63) is 53.2 Å². The molecule has 1 aromatic rings. The Morgan fingerprint density at radius 1 is 1.33 bits per heavy atom. The molecule has 0 saturated carbocycles. The third kappa shape index (κ3) is 3.37. The quantitative estimate of drug-likeness (QED) is 0.765. The zero-order valence-electron chi connectivity index (χ0n) is 10.2. The zero-order valence-corrected chi connectivity index (χ0v) is 11.8. The average molecular weight is 275 g/mol. The van der Waals surface area contributed by atoms with Gasteiger partial charge in [0.15, 0.2) is 0 Å². The molecule has 1 aliphatic rings. The van der Waals surface area contributed by atoms with E-state index in [1.54, 1.807) is 0 Å². The van der Waals surface area contributed by atoms with Gasteiger partial charge in [-0.05, 0) is 42.2 Å². The van der Waals surface area contributed by atoms with Crippen molar-refractivity contribution >= 4 is 39.1 Å². The molecule has 0 fully saturated rings. The Labute approximate surface area is 115 Å². The molecule has 4 heteroatoms. The van der Waals surface area contributed by atoms with Gasteiger partial charge in [-0.1, -0.05) is 36.4 Å². The van der Waals surface area contributed by atoms with E-state index < -0.39 is 0 Å². The van der Waals surface area contributed by atoms with Crippen LogP contribution in [-0.2, 0) is 4.79 Å². The molecule has 92 valence electrons. The lowest BCUT2D eigenvalue weighted by Crippen LogP contribution is -1.88. The summed E-state index contributed by atoms with van der Waals surface area (Å²) in [6.45, 7) is 1.98. The number of aliphatic imine (C=N–C) groups is 1. The Bertz CT molecular complexity index is 544. The van der Waals surface area contributed by atoms with Crippen LogP contribution in [0.15, 0.2) is 52.7 Å². The summed E-state index contributed by atoms with van der Waals surface area (Å²) in [6.07, 6.45) is 5.80. The lowest BCUT2D eigenvalue weighted by molar-refractivity contribution is -0.107. The van der Waals surface area contributed by atoms with Crippen LogP contribution in [0.4, 0.5) is 0 Å². The van der Waals surface area contributed by atoms with Crippen molar-refractivity contribution in [2.45, 2.75) is 6.92 Å². The summed E-state index contributed by atoms with van der Waals surface area (Å²) >= 11 is 2.70. The fraction of sp³-hybridized carbons (Fsp3) is 0.143. The van der Waals surface area contributed by atoms with E-state index in [9.17, 15) is 4.79 Å². The highest BCUT2D eigenvalue weighted by atomic mass is 32.2. The van der Waals surface area contributed by atoms with Gasteiger partial charge in [-0.3, -0.25) is 4.79 Å². The lowest BCUT2D eigenvalue weighted by Gasteiger charge is -1.95. The molecule has 0 N–H and O–H groups in total. The number of nitrogens with zero attached hydrogens (tertiary/aromatic N) is 1. The van der Waals surface area contributed by atoms with Crippen LogP contribution < -0.4 is 0 Å². The lowest BCUT2D eigenvalue weighted by atomic mass is 10.1. The van der Waals surface area contributed by atoms with E-state index in [0.29, 0.717) is 5.70 Å². The maximum absolute atomic E-state index is 11.7. The molecule has 0 atom stereocenters. The molecule has 0 radical (unpaired) electrons. The van der Waals surface area contributed by atoms with Crippen LogP contribution in [0.5, 0.6) is 0 Å². The van der Waals surface area contributed by atoms with Crippen LogP contribution in [0.25, 0.3) is 6.08 Å². The van der Waals surface area contributed by atoms with Gasteiger partial charge in [-0.2, -0.15) is 0 Å². The monoisotopic (exact) mass is 275 g/mol. The van der Waals surface area contributed by atoms with Gasteiger partial charge in [-0.15, -0.1) is 11.8 Å². The Kier molecular flexibility index (Phi) is 4.44. The highest BCUT2D eigenvalue weighted by molar-refractivity contribution is 8.45. The summed E-state index contributed by atoms with van der Waals surface area (Å²) in [4.78, 5) is 16.0. The van der Waals surface area contributed by atoms with Crippen LogP contribution in [-0.4, -0.2) is 15.7 Å². The molecule has 0 unspecified atom stereocenters. The molecule has 0 aliphatic carbocycles. The van der Waals surface area contributed by atoms with Gasteiger partial charge in [-0.25, -0.2) is 4.99 Å². The number of thioether (sulfide) groups is 2. The number of benzene rings is 1. The molecule has 1 heterocycles. The van der Waals surface area contributed by atoms with E-state index in [1.807, 2.05) is 55.7 Å². The van der Waals surface area contributed by atoms with Gasteiger partial charge in [0.1, 0.15) is 10.1 Å². The maximum atomic E-state index is 11.7. The SMILES string of the molecule is CSC1=N/C(=C\C(C)=C/c2ccccc2)C(=O)S1. The number of hydrogen-bond donors (Lipinski definition) is 0. The standard InChI is InChI=1S/C14H13NOS2/c1-10(8-11-6-4-3-5-7-11)9-12-13(16)18-14(15-12)17-2/h3-9H,1-2H3/b10-8-,12-9-. The number of hydrogen-bond acceptors (Lipinski definition) is 4. The smallest absolute Gasteiger partial charge is 0.244 e. The van der Waals surface area contributed by atoms with E-state index >= 15 is 0 Å². The molecule has 0 bridgehead atoms. The minimum absolute atomic E-state index is 0.0279. The maximum Gasteiger partial charge on any atom is 0.244 e. The second-order valence-electron chi connectivity index (χ2n) is 3.80. The fourth-order valence-corrected chi connectivity index (χ4v) is 2.81. The highest BCUT2D eigenvalue weighted by Crippen LogP contribution is 2.29. The first-order valence-corrected chi connectivity index (χ1v) is 7.53. The van der Waals surface area contributed by atoms with Crippen molar-refractivity contribution in [3.63, 3.8) is 0 Å². The highest BCUT2D eigenvalue weighted by Gasteiger charge is 2.20. The van der Waals surface area contributed by atoms with E-state index in [-0.39, 0.29) is 5.12 Å². The van der Waals surface area contributed by atoms with E-state index in [1.165, 1.54) is 23.5 Å². The summed E-state index contributed by atoms with van der Waals surface area (Å²) in [7, 11) is 0. The van der Waals surface area contributed by atoms with Crippen LogP contribution in [0.1, 0.15) is 12.5 Å². The summed E-state index contributed by atoms with van der Waals surface area (Å²) in [5, 5.41) is 0.0279. The first kappa shape index (κ1) is 13.2. The van der Waals surface area contributed by atoms with Crippen molar-refractivity contribution in [3.8, 4) is 0 Å². The Morgan fingerprint density at radius 3 is 2.67 bits per heavy atom. The van der Waals surface area contributed by atoms with Gasteiger partial charge in [0.05, 0.1) is 0 Å².